The molecular weight excluding hydrogens is 450 g/mol. The Morgan fingerprint density at radius 2 is 1.41 bits per heavy atom. The van der Waals surface area contributed by atoms with E-state index >= 15 is 0 Å². The zero-order valence-corrected chi connectivity index (χ0v) is 19.4. The first kappa shape index (κ1) is 23.0. The van der Waals surface area contributed by atoms with Gasteiger partial charge in [0.1, 0.15) is 5.75 Å². The van der Waals surface area contributed by atoms with Crippen molar-refractivity contribution in [3.63, 3.8) is 0 Å². The topological polar surface area (TPSA) is 72.7 Å². The van der Waals surface area contributed by atoms with Crippen LogP contribution in [0.5, 0.6) is 5.75 Å². The van der Waals surface area contributed by atoms with E-state index in [9.17, 15) is 9.59 Å². The zero-order chi connectivity index (χ0) is 24.1. The van der Waals surface area contributed by atoms with E-state index < -0.39 is 5.97 Å². The molecule has 1 amide bonds. The molecule has 170 valence electrons. The van der Waals surface area contributed by atoms with Crippen LogP contribution in [0.15, 0.2) is 90.0 Å². The van der Waals surface area contributed by atoms with Gasteiger partial charge in [0.15, 0.2) is 0 Å². The predicted molar refractivity (Wildman–Crippen MR) is 133 cm³/mol. The first-order valence-electron chi connectivity index (χ1n) is 10.6. The second-order valence-corrected chi connectivity index (χ2v) is 8.10. The van der Waals surface area contributed by atoms with Crippen molar-refractivity contribution in [1.82, 2.24) is 9.99 Å². The molecule has 4 rings (SSSR count). The first-order valence-corrected chi connectivity index (χ1v) is 10.9. The number of amides is 1. The summed E-state index contributed by atoms with van der Waals surface area (Å²) in [5.41, 5.74) is 7.43. The highest BCUT2D eigenvalue weighted by molar-refractivity contribution is 6.30. The van der Waals surface area contributed by atoms with Gasteiger partial charge >= 0.3 is 5.97 Å². The number of aryl methyl sites for hydroxylation is 2. The minimum atomic E-state index is -0.474. The Hall–Kier alpha value is -4.16. The lowest BCUT2D eigenvalue weighted by Gasteiger charge is -2.10. The maximum atomic E-state index is 12.4. The summed E-state index contributed by atoms with van der Waals surface area (Å²) in [5.74, 6) is -0.384. The highest BCUT2D eigenvalue weighted by Crippen LogP contribution is 2.17. The lowest BCUT2D eigenvalue weighted by atomic mass is 10.2. The summed E-state index contributed by atoms with van der Waals surface area (Å²) in [6.45, 7) is 4.08. The third kappa shape index (κ3) is 5.42. The normalized spacial score (nSPS) is 10.9. The minimum Gasteiger partial charge on any atom is -0.423 e. The van der Waals surface area contributed by atoms with E-state index in [1.54, 1.807) is 60.7 Å². The summed E-state index contributed by atoms with van der Waals surface area (Å²) in [5, 5.41) is 4.56. The molecule has 0 radical (unpaired) electrons. The second kappa shape index (κ2) is 10.2. The van der Waals surface area contributed by atoms with Gasteiger partial charge in [0.25, 0.3) is 5.91 Å². The average molecular weight is 472 g/mol. The van der Waals surface area contributed by atoms with Crippen molar-refractivity contribution < 1.29 is 14.3 Å². The Balaban J connectivity index is 1.33. The Morgan fingerprint density at radius 3 is 2.03 bits per heavy atom. The van der Waals surface area contributed by atoms with Crippen LogP contribution in [0.2, 0.25) is 5.02 Å². The molecule has 0 bridgehead atoms. The summed E-state index contributed by atoms with van der Waals surface area (Å²) >= 11 is 5.83. The molecule has 0 spiro atoms. The van der Waals surface area contributed by atoms with Gasteiger partial charge < -0.3 is 9.30 Å². The number of rotatable bonds is 6. The standard InChI is InChI=1S/C27H22ClN3O3/c1-18-3-4-19(2)31(18)24-13-9-21(10-14-24)26(32)30-29-17-20-5-15-25(16-6-20)34-27(33)22-7-11-23(28)12-8-22/h3-17H,1-2H3,(H,30,32)/b29-17-. The van der Waals surface area contributed by atoms with Crippen LogP contribution in [-0.4, -0.2) is 22.7 Å². The molecule has 3 aromatic carbocycles. The third-order valence-corrected chi connectivity index (χ3v) is 5.46. The maximum absolute atomic E-state index is 12.4. The molecule has 0 aliphatic heterocycles. The Labute approximate surface area is 202 Å². The smallest absolute Gasteiger partial charge is 0.343 e. The number of halogens is 1. The molecule has 4 aromatic rings. The van der Waals surface area contributed by atoms with Gasteiger partial charge in [-0.2, -0.15) is 5.10 Å². The fourth-order valence-electron chi connectivity index (χ4n) is 3.44. The third-order valence-electron chi connectivity index (χ3n) is 5.21. The lowest BCUT2D eigenvalue weighted by molar-refractivity contribution is 0.0734. The number of carbonyl (C=O) groups is 2. The van der Waals surface area contributed by atoms with Crippen molar-refractivity contribution in [3.8, 4) is 11.4 Å². The van der Waals surface area contributed by atoms with Crippen LogP contribution in [0.25, 0.3) is 5.69 Å². The van der Waals surface area contributed by atoms with Crippen LogP contribution in [0.3, 0.4) is 0 Å². The van der Waals surface area contributed by atoms with E-state index in [0.29, 0.717) is 21.9 Å². The number of esters is 1. The monoisotopic (exact) mass is 471 g/mol. The van der Waals surface area contributed by atoms with Crippen molar-refractivity contribution >= 4 is 29.7 Å². The van der Waals surface area contributed by atoms with Gasteiger partial charge in [-0.05, 0) is 104 Å². The van der Waals surface area contributed by atoms with Crippen LogP contribution < -0.4 is 10.2 Å². The molecule has 7 heteroatoms. The zero-order valence-electron chi connectivity index (χ0n) is 18.7. The van der Waals surface area contributed by atoms with Crippen LogP contribution >= 0.6 is 11.6 Å². The molecule has 1 aromatic heterocycles. The lowest BCUT2D eigenvalue weighted by Crippen LogP contribution is -2.17. The largest absolute Gasteiger partial charge is 0.423 e. The highest BCUT2D eigenvalue weighted by Gasteiger charge is 2.09. The number of ether oxygens (including phenoxy) is 1. The van der Waals surface area contributed by atoms with Crippen LogP contribution in [-0.2, 0) is 0 Å². The molecule has 0 atom stereocenters. The fraction of sp³-hybridized carbons (Fsp3) is 0.0741. The first-order chi connectivity index (χ1) is 16.4. The molecule has 0 aliphatic carbocycles. The summed E-state index contributed by atoms with van der Waals surface area (Å²) < 4.78 is 7.47. The van der Waals surface area contributed by atoms with E-state index in [-0.39, 0.29) is 5.91 Å². The fourth-order valence-corrected chi connectivity index (χ4v) is 3.57. The van der Waals surface area contributed by atoms with Crippen LogP contribution in [0.4, 0.5) is 0 Å². The molecular formula is C27H22ClN3O3. The van der Waals surface area contributed by atoms with Gasteiger partial charge in [-0.1, -0.05) is 11.6 Å². The van der Waals surface area contributed by atoms with Crippen molar-refractivity contribution in [1.29, 1.82) is 0 Å². The van der Waals surface area contributed by atoms with Crippen molar-refractivity contribution in [2.45, 2.75) is 13.8 Å². The van der Waals surface area contributed by atoms with E-state index in [4.69, 9.17) is 16.3 Å². The van der Waals surface area contributed by atoms with Gasteiger partial charge in [-0.25, -0.2) is 10.2 Å². The van der Waals surface area contributed by atoms with Crippen molar-refractivity contribution in [2.24, 2.45) is 5.10 Å². The summed E-state index contributed by atoms with van der Waals surface area (Å²) in [7, 11) is 0. The van der Waals surface area contributed by atoms with Crippen LogP contribution in [0.1, 0.15) is 37.7 Å². The van der Waals surface area contributed by atoms with Gasteiger partial charge in [0.05, 0.1) is 11.8 Å². The van der Waals surface area contributed by atoms with Crippen LogP contribution in [0, 0.1) is 13.8 Å². The van der Waals surface area contributed by atoms with Crippen molar-refractivity contribution in [3.05, 3.63) is 118 Å². The molecule has 0 fully saturated rings. The number of benzene rings is 3. The Bertz CT molecular complexity index is 1320. The minimum absolute atomic E-state index is 0.308. The maximum Gasteiger partial charge on any atom is 0.343 e. The predicted octanol–water partition coefficient (Wildman–Crippen LogP) is 5.73. The number of aromatic nitrogens is 1. The van der Waals surface area contributed by atoms with Gasteiger partial charge in [0.2, 0.25) is 0 Å². The number of nitrogens with zero attached hydrogens (tertiary/aromatic N) is 2. The second-order valence-electron chi connectivity index (χ2n) is 7.66. The highest BCUT2D eigenvalue weighted by atomic mass is 35.5. The van der Waals surface area contributed by atoms with E-state index in [0.717, 1.165) is 22.6 Å². The molecule has 1 heterocycles. The summed E-state index contributed by atoms with van der Waals surface area (Å²) in [4.78, 5) is 24.6. The molecule has 0 aliphatic rings. The summed E-state index contributed by atoms with van der Waals surface area (Å²) in [6, 6.07) is 24.7. The van der Waals surface area contributed by atoms with E-state index in [1.165, 1.54) is 6.21 Å². The Morgan fingerprint density at radius 1 is 0.824 bits per heavy atom. The molecule has 1 N–H and O–H groups in total. The molecule has 0 saturated carbocycles. The number of carbonyl (C=O) groups excluding carboxylic acids is 2. The number of hydrazone groups is 1. The van der Waals surface area contributed by atoms with E-state index in [1.807, 2.05) is 26.0 Å². The average Bonchev–Trinajstić information content (AvgIpc) is 3.18. The molecule has 6 nitrogen and oxygen atoms in total. The van der Waals surface area contributed by atoms with Gasteiger partial charge in [-0.3, -0.25) is 4.79 Å². The van der Waals surface area contributed by atoms with Crippen molar-refractivity contribution in [2.75, 3.05) is 0 Å². The molecule has 34 heavy (non-hydrogen) atoms. The van der Waals surface area contributed by atoms with Gasteiger partial charge in [-0.15, -0.1) is 0 Å². The molecule has 0 saturated heterocycles. The van der Waals surface area contributed by atoms with Gasteiger partial charge in [0, 0.05) is 27.7 Å². The number of hydrogen-bond acceptors (Lipinski definition) is 4. The quantitative estimate of drug-likeness (QED) is 0.169. The number of nitrogens with one attached hydrogen (secondary N) is 1. The SMILES string of the molecule is Cc1ccc(C)n1-c1ccc(C(=O)N/N=C\c2ccc(OC(=O)c3ccc(Cl)cc3)cc2)cc1. The number of hydrogen-bond donors (Lipinski definition) is 1. The molecule has 0 unspecified atom stereocenters. The summed E-state index contributed by atoms with van der Waals surface area (Å²) in [6.07, 6.45) is 1.52. The van der Waals surface area contributed by atoms with E-state index in [2.05, 4.69) is 27.2 Å². The Kier molecular flexibility index (Phi) is 6.90.